The van der Waals surface area contributed by atoms with Crippen LogP contribution in [-0.4, -0.2) is 40.7 Å². The second kappa shape index (κ2) is 9.12. The standard InChI is InChI=1S/C20H26F2N4O2/c1-13(2)19-24-17(28-25-19)7-10-23-20(27)26-11-8-14(9-12-26)18(22)15-5-3-4-6-16(15)21/h3-6,13-14,18H,7-12H2,1-2H3,(H,23,27). The second-order valence-electron chi connectivity index (χ2n) is 7.43. The van der Waals surface area contributed by atoms with E-state index in [-0.39, 0.29) is 23.4 Å². The first kappa shape index (κ1) is 20.2. The zero-order chi connectivity index (χ0) is 20.1. The Kier molecular flexibility index (Phi) is 6.59. The van der Waals surface area contributed by atoms with E-state index in [0.717, 1.165) is 0 Å². The third-order valence-electron chi connectivity index (χ3n) is 5.06. The zero-order valence-electron chi connectivity index (χ0n) is 16.2. The Morgan fingerprint density at radius 3 is 2.68 bits per heavy atom. The Balaban J connectivity index is 1.42. The SMILES string of the molecule is CC(C)c1noc(CCNC(=O)N2CCC(C(F)c3ccccc3F)CC2)n1. The summed E-state index contributed by atoms with van der Waals surface area (Å²) in [5.74, 6) is 0.537. The minimum Gasteiger partial charge on any atom is -0.339 e. The lowest BCUT2D eigenvalue weighted by molar-refractivity contribution is 0.127. The quantitative estimate of drug-likeness (QED) is 0.806. The van der Waals surface area contributed by atoms with Gasteiger partial charge in [0, 0.05) is 37.5 Å². The molecular formula is C20H26F2N4O2. The smallest absolute Gasteiger partial charge is 0.317 e. The van der Waals surface area contributed by atoms with E-state index in [2.05, 4.69) is 15.5 Å². The van der Waals surface area contributed by atoms with Crippen molar-refractivity contribution in [3.05, 3.63) is 47.4 Å². The van der Waals surface area contributed by atoms with Gasteiger partial charge in [0.25, 0.3) is 0 Å². The highest BCUT2D eigenvalue weighted by molar-refractivity contribution is 5.74. The molecule has 0 aliphatic carbocycles. The van der Waals surface area contributed by atoms with Gasteiger partial charge in [0.15, 0.2) is 5.82 Å². The van der Waals surface area contributed by atoms with E-state index < -0.39 is 12.0 Å². The molecule has 1 fully saturated rings. The van der Waals surface area contributed by atoms with Crippen LogP contribution in [0.2, 0.25) is 0 Å². The second-order valence-corrected chi connectivity index (χ2v) is 7.43. The number of aromatic nitrogens is 2. The van der Waals surface area contributed by atoms with Crippen molar-refractivity contribution in [2.24, 2.45) is 5.92 Å². The molecule has 0 radical (unpaired) electrons. The molecular weight excluding hydrogens is 366 g/mol. The summed E-state index contributed by atoms with van der Waals surface area (Å²) in [6.07, 6.45) is 0.121. The molecule has 1 saturated heterocycles. The first-order valence-electron chi connectivity index (χ1n) is 9.69. The maximum absolute atomic E-state index is 14.7. The van der Waals surface area contributed by atoms with E-state index in [1.54, 1.807) is 17.0 Å². The fourth-order valence-electron chi connectivity index (χ4n) is 3.34. The maximum Gasteiger partial charge on any atom is 0.317 e. The van der Waals surface area contributed by atoms with Crippen molar-refractivity contribution in [2.45, 2.75) is 45.2 Å². The van der Waals surface area contributed by atoms with Gasteiger partial charge in [0.1, 0.15) is 12.0 Å². The number of likely N-dealkylation sites (tertiary alicyclic amines) is 1. The Labute approximate surface area is 163 Å². The molecule has 1 aliphatic rings. The molecule has 2 amide bonds. The van der Waals surface area contributed by atoms with E-state index in [0.29, 0.717) is 50.6 Å². The molecule has 28 heavy (non-hydrogen) atoms. The predicted octanol–water partition coefficient (Wildman–Crippen LogP) is 4.01. The maximum atomic E-state index is 14.7. The zero-order valence-corrected chi connectivity index (χ0v) is 16.2. The van der Waals surface area contributed by atoms with Crippen molar-refractivity contribution in [1.82, 2.24) is 20.4 Å². The fourth-order valence-corrected chi connectivity index (χ4v) is 3.34. The van der Waals surface area contributed by atoms with Crippen LogP contribution in [0.25, 0.3) is 0 Å². The lowest BCUT2D eigenvalue weighted by atomic mass is 9.88. The van der Waals surface area contributed by atoms with Gasteiger partial charge < -0.3 is 14.7 Å². The molecule has 3 rings (SSSR count). The summed E-state index contributed by atoms with van der Waals surface area (Å²) in [5, 5.41) is 6.72. The molecule has 152 valence electrons. The van der Waals surface area contributed by atoms with Crippen molar-refractivity contribution in [2.75, 3.05) is 19.6 Å². The number of nitrogens with one attached hydrogen (secondary N) is 1. The first-order chi connectivity index (χ1) is 13.5. The summed E-state index contributed by atoms with van der Waals surface area (Å²) in [6, 6.07) is 5.76. The molecule has 0 saturated carbocycles. The molecule has 6 nitrogen and oxygen atoms in total. The molecule has 8 heteroatoms. The van der Waals surface area contributed by atoms with E-state index in [4.69, 9.17) is 4.52 Å². The van der Waals surface area contributed by atoms with E-state index in [9.17, 15) is 13.6 Å². The number of carbonyl (C=O) groups excluding carboxylic acids is 1. The Bertz CT molecular complexity index is 788. The number of hydrogen-bond donors (Lipinski definition) is 1. The third kappa shape index (κ3) is 4.85. The lowest BCUT2D eigenvalue weighted by Gasteiger charge is -2.33. The number of amides is 2. The molecule has 1 aliphatic heterocycles. The fraction of sp³-hybridized carbons (Fsp3) is 0.550. The van der Waals surface area contributed by atoms with Crippen molar-refractivity contribution >= 4 is 6.03 Å². The summed E-state index contributed by atoms with van der Waals surface area (Å²) in [7, 11) is 0. The molecule has 2 aromatic rings. The van der Waals surface area contributed by atoms with Gasteiger partial charge in [-0.25, -0.2) is 13.6 Å². The monoisotopic (exact) mass is 392 g/mol. The van der Waals surface area contributed by atoms with Gasteiger partial charge in [-0.05, 0) is 24.8 Å². The van der Waals surface area contributed by atoms with Crippen molar-refractivity contribution in [3.63, 3.8) is 0 Å². The largest absolute Gasteiger partial charge is 0.339 e. The van der Waals surface area contributed by atoms with Crippen LogP contribution < -0.4 is 5.32 Å². The summed E-state index contributed by atoms with van der Waals surface area (Å²) < 4.78 is 33.6. The van der Waals surface area contributed by atoms with E-state index in [1.807, 2.05) is 13.8 Å². The molecule has 1 aromatic heterocycles. The van der Waals surface area contributed by atoms with Crippen LogP contribution in [0.3, 0.4) is 0 Å². The third-order valence-corrected chi connectivity index (χ3v) is 5.06. The van der Waals surface area contributed by atoms with E-state index in [1.165, 1.54) is 12.1 Å². The number of benzene rings is 1. The van der Waals surface area contributed by atoms with Gasteiger partial charge in [0.05, 0.1) is 0 Å². The summed E-state index contributed by atoms with van der Waals surface area (Å²) in [4.78, 5) is 18.2. The van der Waals surface area contributed by atoms with Crippen LogP contribution in [0.4, 0.5) is 13.6 Å². The number of urea groups is 1. The van der Waals surface area contributed by atoms with Gasteiger partial charge in [-0.3, -0.25) is 0 Å². The Morgan fingerprint density at radius 1 is 1.32 bits per heavy atom. The van der Waals surface area contributed by atoms with Crippen molar-refractivity contribution < 1.29 is 18.1 Å². The number of hydrogen-bond acceptors (Lipinski definition) is 4. The highest BCUT2D eigenvalue weighted by atomic mass is 19.1. The molecule has 1 N–H and O–H groups in total. The highest BCUT2D eigenvalue weighted by Crippen LogP contribution is 2.34. The van der Waals surface area contributed by atoms with Gasteiger partial charge in [-0.1, -0.05) is 37.2 Å². The van der Waals surface area contributed by atoms with Crippen molar-refractivity contribution in [3.8, 4) is 0 Å². The molecule has 0 bridgehead atoms. The first-order valence-corrected chi connectivity index (χ1v) is 9.69. The van der Waals surface area contributed by atoms with Crippen LogP contribution in [0.5, 0.6) is 0 Å². The summed E-state index contributed by atoms with van der Waals surface area (Å²) in [6.45, 7) is 5.24. The van der Waals surface area contributed by atoms with Crippen LogP contribution in [0.15, 0.2) is 28.8 Å². The summed E-state index contributed by atoms with van der Waals surface area (Å²) >= 11 is 0. The van der Waals surface area contributed by atoms with Gasteiger partial charge in [-0.2, -0.15) is 4.98 Å². The average molecular weight is 392 g/mol. The van der Waals surface area contributed by atoms with E-state index >= 15 is 0 Å². The summed E-state index contributed by atoms with van der Waals surface area (Å²) in [5.41, 5.74) is 0.103. The van der Waals surface area contributed by atoms with Crippen LogP contribution in [-0.2, 0) is 6.42 Å². The average Bonchev–Trinajstić information content (AvgIpc) is 3.17. The number of halogens is 2. The molecule has 1 aromatic carbocycles. The number of alkyl halides is 1. The lowest BCUT2D eigenvalue weighted by Crippen LogP contribution is -2.45. The molecule has 1 unspecified atom stereocenters. The topological polar surface area (TPSA) is 71.3 Å². The number of piperidine rings is 1. The van der Waals surface area contributed by atoms with Gasteiger partial charge in [0.2, 0.25) is 5.89 Å². The normalized spacial score (nSPS) is 16.4. The van der Waals surface area contributed by atoms with Crippen LogP contribution >= 0.6 is 0 Å². The van der Waals surface area contributed by atoms with Crippen LogP contribution in [0.1, 0.15) is 56.1 Å². The van der Waals surface area contributed by atoms with Gasteiger partial charge >= 0.3 is 6.03 Å². The minimum absolute atomic E-state index is 0.103. The highest BCUT2D eigenvalue weighted by Gasteiger charge is 2.30. The van der Waals surface area contributed by atoms with Gasteiger partial charge in [-0.15, -0.1) is 0 Å². The predicted molar refractivity (Wildman–Crippen MR) is 100 cm³/mol. The number of carbonyl (C=O) groups is 1. The Morgan fingerprint density at radius 2 is 2.04 bits per heavy atom. The molecule has 2 heterocycles. The molecule has 0 spiro atoms. The number of rotatable bonds is 6. The van der Waals surface area contributed by atoms with Crippen LogP contribution in [0, 0.1) is 11.7 Å². The Hall–Kier alpha value is -2.51. The minimum atomic E-state index is -1.35. The van der Waals surface area contributed by atoms with Crippen molar-refractivity contribution in [1.29, 1.82) is 0 Å². The number of nitrogens with zero attached hydrogens (tertiary/aromatic N) is 3. The molecule has 1 atom stereocenters.